The van der Waals surface area contributed by atoms with Crippen molar-refractivity contribution in [1.29, 1.82) is 0 Å². The number of piperidine rings is 1. The Kier molecular flexibility index (Phi) is 5.67. The molecule has 25 heavy (non-hydrogen) atoms. The maximum atomic E-state index is 11.1. The van der Waals surface area contributed by atoms with E-state index in [1.165, 1.54) is 4.68 Å². The van der Waals surface area contributed by atoms with E-state index in [0.29, 0.717) is 36.2 Å². The summed E-state index contributed by atoms with van der Waals surface area (Å²) in [7, 11) is 0. The van der Waals surface area contributed by atoms with Gasteiger partial charge in [-0.1, -0.05) is 23.7 Å². The summed E-state index contributed by atoms with van der Waals surface area (Å²) < 4.78 is 1.43. The number of rotatable bonds is 6. The van der Waals surface area contributed by atoms with Gasteiger partial charge in [0.05, 0.1) is 12.6 Å². The van der Waals surface area contributed by atoms with E-state index in [-0.39, 0.29) is 12.6 Å². The van der Waals surface area contributed by atoms with Crippen LogP contribution in [-0.4, -0.2) is 55.0 Å². The number of β-amino-alcohol motifs (C(OH)–C–C–N with tert-alkyl or cyclic N) is 1. The van der Waals surface area contributed by atoms with Crippen LogP contribution in [0, 0.1) is 0 Å². The highest BCUT2D eigenvalue weighted by Gasteiger charge is 2.21. The molecule has 7 nitrogen and oxygen atoms in total. The molecule has 1 fully saturated rings. The summed E-state index contributed by atoms with van der Waals surface area (Å²) in [6, 6.07) is 7.45. The number of aliphatic carboxylic acids is 1. The first kappa shape index (κ1) is 17.8. The highest BCUT2D eigenvalue weighted by atomic mass is 35.5. The second-order valence-corrected chi connectivity index (χ2v) is 6.77. The average Bonchev–Trinajstić information content (AvgIpc) is 2.87. The Labute approximate surface area is 150 Å². The number of nitrogens with zero attached hydrogens (tertiary/aromatic N) is 4. The van der Waals surface area contributed by atoms with Crippen molar-refractivity contribution in [2.24, 2.45) is 0 Å². The summed E-state index contributed by atoms with van der Waals surface area (Å²) in [5, 5.41) is 23.9. The minimum Gasteiger partial charge on any atom is -0.480 e. The number of carboxylic acid groups (broad SMARTS) is 1. The molecule has 8 heteroatoms. The second-order valence-electron chi connectivity index (χ2n) is 6.33. The van der Waals surface area contributed by atoms with Crippen molar-refractivity contribution in [3.05, 3.63) is 46.5 Å². The highest BCUT2D eigenvalue weighted by molar-refractivity contribution is 6.30. The zero-order valence-electron chi connectivity index (χ0n) is 13.8. The van der Waals surface area contributed by atoms with E-state index < -0.39 is 5.97 Å². The van der Waals surface area contributed by atoms with E-state index >= 15 is 0 Å². The third kappa shape index (κ3) is 5.01. The lowest BCUT2D eigenvalue weighted by molar-refractivity contribution is -0.138. The SMILES string of the molecule is O=C(O)Cn1nc(Cc2cccc(Cl)c2)nc1CN1CCCC(O)C1. The van der Waals surface area contributed by atoms with Crippen LogP contribution in [0.3, 0.4) is 0 Å². The molecule has 134 valence electrons. The molecule has 1 atom stereocenters. The zero-order valence-corrected chi connectivity index (χ0v) is 14.6. The number of hydrogen-bond donors (Lipinski definition) is 2. The molecule has 0 aliphatic carbocycles. The van der Waals surface area contributed by atoms with E-state index in [4.69, 9.17) is 16.7 Å². The highest BCUT2D eigenvalue weighted by Crippen LogP contribution is 2.16. The molecular formula is C17H21ClN4O3. The fourth-order valence-electron chi connectivity index (χ4n) is 3.08. The first-order valence-electron chi connectivity index (χ1n) is 8.29. The van der Waals surface area contributed by atoms with Crippen molar-refractivity contribution in [2.75, 3.05) is 13.1 Å². The third-order valence-electron chi connectivity index (χ3n) is 4.17. The minimum absolute atomic E-state index is 0.228. The quantitative estimate of drug-likeness (QED) is 0.808. The van der Waals surface area contributed by atoms with Gasteiger partial charge in [-0.2, -0.15) is 5.10 Å². The number of aliphatic hydroxyl groups is 1. The normalized spacial score (nSPS) is 18.4. The van der Waals surface area contributed by atoms with Crippen molar-refractivity contribution in [3.8, 4) is 0 Å². The fraction of sp³-hybridized carbons (Fsp3) is 0.471. The Balaban J connectivity index is 1.78. The molecule has 1 aromatic carbocycles. The molecule has 3 rings (SSSR count). The standard InChI is InChI=1S/C17H21ClN4O3/c18-13-4-1-3-12(7-13)8-15-19-16(22(20-15)11-17(24)25)10-21-6-2-5-14(23)9-21/h1,3-4,7,14,23H,2,5-6,8-11H2,(H,24,25). The molecule has 2 N–H and O–H groups in total. The van der Waals surface area contributed by atoms with Crippen LogP contribution in [0.4, 0.5) is 0 Å². The van der Waals surface area contributed by atoms with Gasteiger partial charge < -0.3 is 10.2 Å². The molecular weight excluding hydrogens is 344 g/mol. The zero-order chi connectivity index (χ0) is 17.8. The van der Waals surface area contributed by atoms with Crippen molar-refractivity contribution in [1.82, 2.24) is 19.7 Å². The number of halogens is 1. The smallest absolute Gasteiger partial charge is 0.325 e. The van der Waals surface area contributed by atoms with Crippen LogP contribution in [0.1, 0.15) is 30.1 Å². The lowest BCUT2D eigenvalue weighted by Gasteiger charge is -2.29. The van der Waals surface area contributed by atoms with Gasteiger partial charge in [-0.05, 0) is 37.1 Å². The Bertz CT molecular complexity index is 749. The molecule has 1 aromatic heterocycles. The summed E-state index contributed by atoms with van der Waals surface area (Å²) in [6.07, 6.45) is 1.88. The van der Waals surface area contributed by atoms with E-state index in [2.05, 4.69) is 15.0 Å². The Morgan fingerprint density at radius 3 is 2.96 bits per heavy atom. The largest absolute Gasteiger partial charge is 0.480 e. The molecule has 0 spiro atoms. The van der Waals surface area contributed by atoms with Gasteiger partial charge in [0.15, 0.2) is 5.82 Å². The Morgan fingerprint density at radius 1 is 1.40 bits per heavy atom. The number of hydrogen-bond acceptors (Lipinski definition) is 5. The van der Waals surface area contributed by atoms with Crippen LogP contribution in [0.2, 0.25) is 5.02 Å². The summed E-state index contributed by atoms with van der Waals surface area (Å²) >= 11 is 6.00. The van der Waals surface area contributed by atoms with Gasteiger partial charge in [-0.25, -0.2) is 9.67 Å². The van der Waals surface area contributed by atoms with Gasteiger partial charge in [-0.15, -0.1) is 0 Å². The monoisotopic (exact) mass is 364 g/mol. The summed E-state index contributed by atoms with van der Waals surface area (Å²) in [6.45, 7) is 1.69. The molecule has 0 saturated carbocycles. The predicted octanol–water partition coefficient (Wildman–Crippen LogP) is 1.56. The molecule has 1 saturated heterocycles. The van der Waals surface area contributed by atoms with Crippen molar-refractivity contribution in [2.45, 2.75) is 38.5 Å². The van der Waals surface area contributed by atoms with Crippen molar-refractivity contribution >= 4 is 17.6 Å². The second kappa shape index (κ2) is 7.95. The number of likely N-dealkylation sites (tertiary alicyclic amines) is 1. The number of aromatic nitrogens is 3. The topological polar surface area (TPSA) is 91.5 Å². The summed E-state index contributed by atoms with van der Waals surface area (Å²) in [5.41, 5.74) is 0.972. The molecule has 1 aliphatic heterocycles. The summed E-state index contributed by atoms with van der Waals surface area (Å²) in [4.78, 5) is 17.7. The van der Waals surface area contributed by atoms with Crippen LogP contribution in [0.25, 0.3) is 0 Å². The predicted molar refractivity (Wildman–Crippen MR) is 92.4 cm³/mol. The van der Waals surface area contributed by atoms with Gasteiger partial charge in [-0.3, -0.25) is 9.69 Å². The molecule has 1 unspecified atom stereocenters. The Morgan fingerprint density at radius 2 is 2.24 bits per heavy atom. The van der Waals surface area contributed by atoms with Crippen molar-refractivity contribution in [3.63, 3.8) is 0 Å². The minimum atomic E-state index is -0.959. The maximum absolute atomic E-state index is 11.1. The van der Waals surface area contributed by atoms with Crippen LogP contribution in [0.15, 0.2) is 24.3 Å². The number of aliphatic hydroxyl groups excluding tert-OH is 1. The van der Waals surface area contributed by atoms with E-state index in [0.717, 1.165) is 24.9 Å². The number of carbonyl (C=O) groups is 1. The molecule has 2 heterocycles. The lowest BCUT2D eigenvalue weighted by atomic mass is 10.1. The fourth-order valence-corrected chi connectivity index (χ4v) is 3.29. The van der Waals surface area contributed by atoms with E-state index in [1.807, 2.05) is 18.2 Å². The number of carboxylic acids is 1. The first-order valence-corrected chi connectivity index (χ1v) is 8.66. The first-order chi connectivity index (χ1) is 12.0. The van der Waals surface area contributed by atoms with Gasteiger partial charge in [0.25, 0.3) is 0 Å². The molecule has 1 aliphatic rings. The van der Waals surface area contributed by atoms with Crippen LogP contribution < -0.4 is 0 Å². The van der Waals surface area contributed by atoms with Gasteiger partial charge in [0.2, 0.25) is 0 Å². The van der Waals surface area contributed by atoms with Gasteiger partial charge in [0, 0.05) is 18.0 Å². The van der Waals surface area contributed by atoms with Gasteiger partial charge in [0.1, 0.15) is 12.4 Å². The van der Waals surface area contributed by atoms with E-state index in [1.54, 1.807) is 6.07 Å². The van der Waals surface area contributed by atoms with Crippen LogP contribution in [0.5, 0.6) is 0 Å². The molecule has 2 aromatic rings. The Hall–Kier alpha value is -1.96. The van der Waals surface area contributed by atoms with Crippen LogP contribution in [-0.2, 0) is 24.3 Å². The van der Waals surface area contributed by atoms with Crippen LogP contribution >= 0.6 is 11.6 Å². The third-order valence-corrected chi connectivity index (χ3v) is 4.41. The van der Waals surface area contributed by atoms with Crippen molar-refractivity contribution < 1.29 is 15.0 Å². The molecule has 0 bridgehead atoms. The molecule has 0 amide bonds. The summed E-state index contributed by atoms with van der Waals surface area (Å²) in [5.74, 6) is 0.212. The lowest BCUT2D eigenvalue weighted by Crippen LogP contribution is -2.38. The maximum Gasteiger partial charge on any atom is 0.325 e. The molecule has 0 radical (unpaired) electrons. The average molecular weight is 365 g/mol. The number of benzene rings is 1. The van der Waals surface area contributed by atoms with E-state index in [9.17, 15) is 9.90 Å². The van der Waals surface area contributed by atoms with Gasteiger partial charge >= 0.3 is 5.97 Å².